The minimum absolute atomic E-state index is 0.188. The number of amides is 1. The molecule has 0 radical (unpaired) electrons. The van der Waals surface area contributed by atoms with Crippen LogP contribution in [0.3, 0.4) is 0 Å². The first-order chi connectivity index (χ1) is 9.69. The first kappa shape index (κ1) is 13.4. The number of carbonyl (C=O) groups is 1. The van der Waals surface area contributed by atoms with Crippen LogP contribution in [0, 0.1) is 0 Å². The molecular weight excluding hydrogens is 262 g/mol. The number of hydrogen-bond donors (Lipinski definition) is 2. The van der Waals surface area contributed by atoms with Crippen LogP contribution in [0.1, 0.15) is 10.4 Å². The summed E-state index contributed by atoms with van der Waals surface area (Å²) in [6.07, 6.45) is -1.22. The van der Waals surface area contributed by atoms with Gasteiger partial charge in [-0.05, 0) is 24.3 Å². The van der Waals surface area contributed by atoms with Crippen molar-refractivity contribution < 1.29 is 24.1 Å². The number of ether oxygens (including phenoxy) is 3. The zero-order valence-corrected chi connectivity index (χ0v) is 11.1. The van der Waals surface area contributed by atoms with Crippen LogP contribution in [0.15, 0.2) is 24.3 Å². The summed E-state index contributed by atoms with van der Waals surface area (Å²) >= 11 is 0. The number of nitrogens with one attached hydrogen (secondary N) is 1. The number of aliphatic hydroxyl groups is 1. The van der Waals surface area contributed by atoms with Gasteiger partial charge in [0.25, 0.3) is 5.91 Å². The maximum Gasteiger partial charge on any atom is 0.251 e. The van der Waals surface area contributed by atoms with E-state index in [-0.39, 0.29) is 30.8 Å². The topological polar surface area (TPSA) is 77.0 Å². The van der Waals surface area contributed by atoms with E-state index in [1.165, 1.54) is 0 Å². The van der Waals surface area contributed by atoms with Gasteiger partial charge in [-0.3, -0.25) is 4.79 Å². The highest BCUT2D eigenvalue weighted by Crippen LogP contribution is 2.27. The molecule has 2 heterocycles. The molecule has 1 aromatic carbocycles. The lowest BCUT2D eigenvalue weighted by molar-refractivity contribution is 0.0178. The van der Waals surface area contributed by atoms with Gasteiger partial charge in [0, 0.05) is 5.56 Å². The molecule has 108 valence electrons. The second-order valence-electron chi connectivity index (χ2n) is 4.97. The number of rotatable bonds is 3. The Morgan fingerprint density at radius 2 is 1.95 bits per heavy atom. The molecule has 2 fully saturated rings. The van der Waals surface area contributed by atoms with Gasteiger partial charge in [-0.1, -0.05) is 0 Å². The van der Waals surface area contributed by atoms with Gasteiger partial charge in [0.1, 0.15) is 24.1 Å². The van der Waals surface area contributed by atoms with E-state index in [1.54, 1.807) is 31.4 Å². The number of benzene rings is 1. The van der Waals surface area contributed by atoms with Crippen molar-refractivity contribution in [1.82, 2.24) is 5.32 Å². The molecule has 0 aliphatic carbocycles. The average molecular weight is 279 g/mol. The van der Waals surface area contributed by atoms with Crippen molar-refractivity contribution in [2.45, 2.75) is 24.4 Å². The first-order valence-electron chi connectivity index (χ1n) is 6.55. The van der Waals surface area contributed by atoms with E-state index in [2.05, 4.69) is 5.32 Å². The minimum atomic E-state index is -0.608. The standard InChI is InChI=1S/C14H17NO5/c1-18-9-4-2-8(3-5-9)14(17)15-10-6-19-13-11(16)7-20-12(10)13/h2-5,10-13,16H,6-7H2,1H3,(H,15,17)/t10-,11-,12-,13-/m1/s1. The van der Waals surface area contributed by atoms with Crippen molar-refractivity contribution in [2.75, 3.05) is 20.3 Å². The number of methoxy groups -OCH3 is 1. The SMILES string of the molecule is COc1ccc(C(=O)N[C@@H]2CO[C@H]3[C@@H]2OC[C@H]3O)cc1. The lowest BCUT2D eigenvalue weighted by Gasteiger charge is -2.17. The molecular formula is C14H17NO5. The van der Waals surface area contributed by atoms with Gasteiger partial charge >= 0.3 is 0 Å². The van der Waals surface area contributed by atoms with Crippen molar-refractivity contribution >= 4 is 5.91 Å². The van der Waals surface area contributed by atoms with Crippen LogP contribution >= 0.6 is 0 Å². The number of carbonyl (C=O) groups excluding carboxylic acids is 1. The Bertz CT molecular complexity index is 489. The molecule has 0 bridgehead atoms. The van der Waals surface area contributed by atoms with Crippen LogP contribution in [-0.2, 0) is 9.47 Å². The summed E-state index contributed by atoms with van der Waals surface area (Å²) in [4.78, 5) is 12.1. The molecule has 0 unspecified atom stereocenters. The van der Waals surface area contributed by atoms with E-state index in [4.69, 9.17) is 14.2 Å². The summed E-state index contributed by atoms with van der Waals surface area (Å²) in [6, 6.07) is 6.64. The lowest BCUT2D eigenvalue weighted by atomic mass is 10.1. The summed E-state index contributed by atoms with van der Waals surface area (Å²) in [6.45, 7) is 0.610. The Hall–Kier alpha value is -1.63. The van der Waals surface area contributed by atoms with Crippen molar-refractivity contribution in [2.24, 2.45) is 0 Å². The second-order valence-corrected chi connectivity index (χ2v) is 4.97. The van der Waals surface area contributed by atoms with Gasteiger partial charge in [-0.2, -0.15) is 0 Å². The Labute approximate surface area is 116 Å². The van der Waals surface area contributed by atoms with Crippen molar-refractivity contribution in [1.29, 1.82) is 0 Å². The molecule has 1 aromatic rings. The zero-order chi connectivity index (χ0) is 14.1. The van der Waals surface area contributed by atoms with E-state index in [0.29, 0.717) is 17.9 Å². The van der Waals surface area contributed by atoms with E-state index >= 15 is 0 Å². The Kier molecular flexibility index (Phi) is 3.60. The van der Waals surface area contributed by atoms with Gasteiger partial charge in [-0.15, -0.1) is 0 Å². The van der Waals surface area contributed by atoms with E-state index in [0.717, 1.165) is 0 Å². The summed E-state index contributed by atoms with van der Waals surface area (Å²) < 4.78 is 16.0. The molecule has 0 aromatic heterocycles. The van der Waals surface area contributed by atoms with Crippen molar-refractivity contribution in [3.05, 3.63) is 29.8 Å². The van der Waals surface area contributed by atoms with Crippen LogP contribution in [-0.4, -0.2) is 55.7 Å². The maximum absolute atomic E-state index is 12.1. The predicted molar refractivity (Wildman–Crippen MR) is 69.7 cm³/mol. The van der Waals surface area contributed by atoms with Crippen molar-refractivity contribution in [3.63, 3.8) is 0 Å². The van der Waals surface area contributed by atoms with Gasteiger partial charge in [-0.25, -0.2) is 0 Å². The third-order valence-corrected chi connectivity index (χ3v) is 3.70. The van der Waals surface area contributed by atoms with Crippen molar-refractivity contribution in [3.8, 4) is 5.75 Å². The highest BCUT2D eigenvalue weighted by Gasteiger charge is 2.47. The molecule has 0 saturated carbocycles. The Morgan fingerprint density at radius 3 is 2.65 bits per heavy atom. The molecule has 3 rings (SSSR count). The smallest absolute Gasteiger partial charge is 0.251 e. The zero-order valence-electron chi connectivity index (χ0n) is 11.1. The van der Waals surface area contributed by atoms with E-state index in [1.807, 2.05) is 0 Å². The number of fused-ring (bicyclic) bond motifs is 1. The number of aliphatic hydroxyl groups excluding tert-OH is 1. The van der Waals surface area contributed by atoms with E-state index in [9.17, 15) is 9.90 Å². The third kappa shape index (κ3) is 2.37. The summed E-state index contributed by atoms with van der Waals surface area (Å²) in [5.41, 5.74) is 0.549. The molecule has 2 saturated heterocycles. The molecule has 20 heavy (non-hydrogen) atoms. The fraction of sp³-hybridized carbons (Fsp3) is 0.500. The predicted octanol–water partition coefficient (Wildman–Crippen LogP) is -0.0479. The fourth-order valence-electron chi connectivity index (χ4n) is 2.60. The molecule has 2 N–H and O–H groups in total. The van der Waals surface area contributed by atoms with Crippen LogP contribution in [0.5, 0.6) is 5.75 Å². The molecule has 2 aliphatic rings. The summed E-state index contributed by atoms with van der Waals surface area (Å²) in [7, 11) is 1.58. The maximum atomic E-state index is 12.1. The van der Waals surface area contributed by atoms with Gasteiger partial charge in [0.15, 0.2) is 0 Å². The number of hydrogen-bond acceptors (Lipinski definition) is 5. The summed E-state index contributed by atoms with van der Waals surface area (Å²) in [5, 5.41) is 12.5. The van der Waals surface area contributed by atoms with Crippen LogP contribution in [0.25, 0.3) is 0 Å². The second kappa shape index (κ2) is 5.40. The highest BCUT2D eigenvalue weighted by molar-refractivity contribution is 5.94. The molecule has 6 nitrogen and oxygen atoms in total. The molecule has 1 amide bonds. The monoisotopic (exact) mass is 279 g/mol. The Morgan fingerprint density at radius 1 is 1.25 bits per heavy atom. The fourth-order valence-corrected chi connectivity index (χ4v) is 2.60. The highest BCUT2D eigenvalue weighted by atomic mass is 16.6. The first-order valence-corrected chi connectivity index (χ1v) is 6.55. The van der Waals surface area contributed by atoms with Gasteiger partial charge in [0.2, 0.25) is 0 Å². The Balaban J connectivity index is 1.64. The largest absolute Gasteiger partial charge is 0.497 e. The van der Waals surface area contributed by atoms with Gasteiger partial charge < -0.3 is 24.6 Å². The molecule has 0 spiro atoms. The van der Waals surface area contributed by atoms with Gasteiger partial charge in [0.05, 0.1) is 26.4 Å². The van der Waals surface area contributed by atoms with Crippen LogP contribution in [0.4, 0.5) is 0 Å². The molecule has 6 heteroatoms. The summed E-state index contributed by atoms with van der Waals surface area (Å²) in [5.74, 6) is 0.514. The molecule has 2 aliphatic heterocycles. The average Bonchev–Trinajstić information content (AvgIpc) is 3.03. The normalized spacial score (nSPS) is 31.9. The lowest BCUT2D eigenvalue weighted by Crippen LogP contribution is -2.44. The van der Waals surface area contributed by atoms with Crippen LogP contribution in [0.2, 0.25) is 0 Å². The van der Waals surface area contributed by atoms with Crippen LogP contribution < -0.4 is 10.1 Å². The van der Waals surface area contributed by atoms with E-state index < -0.39 is 6.10 Å². The molecule has 4 atom stereocenters. The minimum Gasteiger partial charge on any atom is -0.497 e. The quantitative estimate of drug-likeness (QED) is 0.811. The third-order valence-electron chi connectivity index (χ3n) is 3.70.